The van der Waals surface area contributed by atoms with E-state index in [4.69, 9.17) is 0 Å². The summed E-state index contributed by atoms with van der Waals surface area (Å²) in [5.41, 5.74) is 4.98. The van der Waals surface area contributed by atoms with E-state index in [0.29, 0.717) is 0 Å². The van der Waals surface area contributed by atoms with Gasteiger partial charge >= 0.3 is 0 Å². The number of hydrogen-bond donors (Lipinski definition) is 2. The zero-order valence-electron chi connectivity index (χ0n) is 18.9. The highest BCUT2D eigenvalue weighted by Gasteiger charge is 2.29. The van der Waals surface area contributed by atoms with Crippen molar-refractivity contribution in [2.75, 3.05) is 0 Å². The molecule has 0 aliphatic carbocycles. The van der Waals surface area contributed by atoms with Crippen LogP contribution in [-0.2, 0) is 21.7 Å². The molecular weight excluding hydrogens is 322 g/mol. The van der Waals surface area contributed by atoms with Gasteiger partial charge in [0.2, 0.25) is 0 Å². The van der Waals surface area contributed by atoms with Crippen LogP contribution in [0.1, 0.15) is 106 Å². The van der Waals surface area contributed by atoms with Gasteiger partial charge in [-0.25, -0.2) is 4.98 Å². The normalized spacial score (nSPS) is 13.4. The molecule has 2 N–H and O–H groups in total. The lowest BCUT2D eigenvalue weighted by molar-refractivity contribution is 0.512. The number of nitrogens with one attached hydrogen (secondary N) is 2. The molecule has 0 saturated heterocycles. The molecule has 0 aliphatic heterocycles. The zero-order valence-corrected chi connectivity index (χ0v) is 18.9. The van der Waals surface area contributed by atoms with Crippen LogP contribution < -0.4 is 0 Å². The molecule has 148 valence electrons. The molecule has 0 fully saturated rings. The van der Waals surface area contributed by atoms with Crippen molar-refractivity contribution in [2.45, 2.75) is 105 Å². The molecular formula is C21H39N5. The van der Waals surface area contributed by atoms with E-state index in [-0.39, 0.29) is 21.7 Å². The molecule has 5 heteroatoms. The molecule has 2 rings (SSSR count). The first-order valence-electron chi connectivity index (χ1n) is 9.41. The van der Waals surface area contributed by atoms with Gasteiger partial charge in [0.1, 0.15) is 0 Å². The molecule has 26 heavy (non-hydrogen) atoms. The van der Waals surface area contributed by atoms with Crippen molar-refractivity contribution in [1.29, 1.82) is 0 Å². The number of aromatic amines is 2. The molecule has 0 unspecified atom stereocenters. The standard InChI is InChI=1S/C11H20N2.C10H19N3/c1-10(2,3)8-9(11(4,5)6)13-7-12-8;1-9(2,3)7-8(10(4,5)6)12-13-11-7/h7H,1-6H3,(H,12,13);1-6H3,(H,11,12,13). The first-order chi connectivity index (χ1) is 11.5. The monoisotopic (exact) mass is 361 g/mol. The van der Waals surface area contributed by atoms with Crippen molar-refractivity contribution in [1.82, 2.24) is 25.4 Å². The number of rotatable bonds is 0. The van der Waals surface area contributed by atoms with Crippen LogP contribution in [0.15, 0.2) is 6.33 Å². The van der Waals surface area contributed by atoms with Gasteiger partial charge in [-0.1, -0.05) is 83.1 Å². The fourth-order valence-electron chi connectivity index (χ4n) is 2.71. The van der Waals surface area contributed by atoms with Gasteiger partial charge in [-0.15, -0.1) is 0 Å². The van der Waals surface area contributed by atoms with Gasteiger partial charge in [0, 0.05) is 27.4 Å². The summed E-state index contributed by atoms with van der Waals surface area (Å²) in [4.78, 5) is 7.64. The minimum absolute atomic E-state index is 0.0651. The fraction of sp³-hybridized carbons (Fsp3) is 0.762. The second-order valence-electron chi connectivity index (χ2n) is 11.1. The Balaban J connectivity index is 0.000000260. The van der Waals surface area contributed by atoms with Crippen LogP contribution in [0.25, 0.3) is 0 Å². The van der Waals surface area contributed by atoms with Gasteiger partial charge in [-0.3, -0.25) is 0 Å². The third-order valence-electron chi connectivity index (χ3n) is 4.07. The second-order valence-corrected chi connectivity index (χ2v) is 11.1. The maximum Gasteiger partial charge on any atom is 0.0925 e. The summed E-state index contributed by atoms with van der Waals surface area (Å²) in [6, 6.07) is 0. The molecule has 0 aliphatic rings. The van der Waals surface area contributed by atoms with Gasteiger partial charge in [0.25, 0.3) is 0 Å². The van der Waals surface area contributed by atoms with Gasteiger partial charge in [-0.2, -0.15) is 15.4 Å². The summed E-state index contributed by atoms with van der Waals surface area (Å²) >= 11 is 0. The molecule has 0 amide bonds. The van der Waals surface area contributed by atoms with E-state index in [2.05, 4.69) is 108 Å². The van der Waals surface area contributed by atoms with Gasteiger partial charge < -0.3 is 4.98 Å². The van der Waals surface area contributed by atoms with Gasteiger partial charge in [-0.05, 0) is 0 Å². The number of aromatic nitrogens is 5. The Bertz CT molecular complexity index is 575. The van der Waals surface area contributed by atoms with E-state index in [1.807, 2.05) is 0 Å². The van der Waals surface area contributed by atoms with Crippen molar-refractivity contribution in [3.63, 3.8) is 0 Å². The zero-order chi connectivity index (χ0) is 20.6. The number of hydrogen-bond acceptors (Lipinski definition) is 3. The highest BCUT2D eigenvalue weighted by Crippen LogP contribution is 2.31. The molecule has 5 nitrogen and oxygen atoms in total. The summed E-state index contributed by atoms with van der Waals surface area (Å²) < 4.78 is 0. The van der Waals surface area contributed by atoms with E-state index in [0.717, 1.165) is 11.4 Å². The number of nitrogens with zero attached hydrogens (tertiary/aromatic N) is 3. The molecule has 0 radical (unpaired) electrons. The first kappa shape index (κ1) is 22.4. The van der Waals surface area contributed by atoms with E-state index >= 15 is 0 Å². The van der Waals surface area contributed by atoms with Crippen LogP contribution in [0.3, 0.4) is 0 Å². The number of H-pyrrole nitrogens is 2. The summed E-state index contributed by atoms with van der Waals surface area (Å²) in [7, 11) is 0. The lowest BCUT2D eigenvalue weighted by Crippen LogP contribution is -2.21. The molecule has 0 bridgehead atoms. The Morgan fingerprint density at radius 3 is 1.23 bits per heavy atom. The van der Waals surface area contributed by atoms with E-state index in [1.54, 1.807) is 6.33 Å². The predicted octanol–water partition coefficient (Wildman–Crippen LogP) is 5.40. The van der Waals surface area contributed by atoms with Crippen molar-refractivity contribution in [2.24, 2.45) is 0 Å². The van der Waals surface area contributed by atoms with Crippen LogP contribution in [0.5, 0.6) is 0 Å². The highest BCUT2D eigenvalue weighted by atomic mass is 15.3. The Kier molecular flexibility index (Phi) is 6.17. The summed E-state index contributed by atoms with van der Waals surface area (Å²) in [6.07, 6.45) is 1.79. The first-order valence-corrected chi connectivity index (χ1v) is 9.41. The average molecular weight is 362 g/mol. The van der Waals surface area contributed by atoms with Crippen molar-refractivity contribution in [3.8, 4) is 0 Å². The second kappa shape index (κ2) is 7.16. The van der Waals surface area contributed by atoms with E-state index < -0.39 is 0 Å². The van der Waals surface area contributed by atoms with E-state index in [9.17, 15) is 0 Å². The third-order valence-corrected chi connectivity index (χ3v) is 4.07. The predicted molar refractivity (Wildman–Crippen MR) is 110 cm³/mol. The smallest absolute Gasteiger partial charge is 0.0925 e. The molecule has 0 atom stereocenters. The maximum atomic E-state index is 4.40. The van der Waals surface area contributed by atoms with Crippen LogP contribution in [0, 0.1) is 0 Å². The largest absolute Gasteiger partial charge is 0.348 e. The fourth-order valence-corrected chi connectivity index (χ4v) is 2.71. The lowest BCUT2D eigenvalue weighted by Gasteiger charge is -2.24. The Morgan fingerprint density at radius 2 is 0.962 bits per heavy atom. The van der Waals surface area contributed by atoms with Crippen molar-refractivity contribution < 1.29 is 0 Å². The average Bonchev–Trinajstić information content (AvgIpc) is 3.06. The summed E-state index contributed by atoms with van der Waals surface area (Å²) in [5, 5.41) is 11.1. The SMILES string of the molecule is CC(C)(C)c1n[nH]nc1C(C)(C)C.CC(C)(C)c1nc[nH]c1C(C)(C)C. The minimum Gasteiger partial charge on any atom is -0.348 e. The van der Waals surface area contributed by atoms with Crippen LogP contribution in [0.2, 0.25) is 0 Å². The van der Waals surface area contributed by atoms with Gasteiger partial charge in [0.05, 0.1) is 23.4 Å². The third kappa shape index (κ3) is 5.68. The molecule has 0 aromatic carbocycles. The topological polar surface area (TPSA) is 70.2 Å². The molecule has 0 spiro atoms. The van der Waals surface area contributed by atoms with Crippen LogP contribution >= 0.6 is 0 Å². The number of imidazole rings is 1. The minimum atomic E-state index is 0.0651. The van der Waals surface area contributed by atoms with Crippen molar-refractivity contribution in [3.05, 3.63) is 29.1 Å². The Labute approximate surface area is 159 Å². The molecule has 2 aromatic heterocycles. The van der Waals surface area contributed by atoms with Crippen LogP contribution in [0.4, 0.5) is 0 Å². The van der Waals surface area contributed by atoms with Crippen molar-refractivity contribution >= 4 is 0 Å². The lowest BCUT2D eigenvalue weighted by atomic mass is 9.82. The Morgan fingerprint density at radius 1 is 0.577 bits per heavy atom. The van der Waals surface area contributed by atoms with Gasteiger partial charge in [0.15, 0.2) is 0 Å². The molecule has 2 heterocycles. The quantitative estimate of drug-likeness (QED) is 0.659. The molecule has 2 aromatic rings. The summed E-state index contributed by atoms with van der Waals surface area (Å²) in [5.74, 6) is 0. The van der Waals surface area contributed by atoms with E-state index in [1.165, 1.54) is 11.4 Å². The highest BCUT2D eigenvalue weighted by molar-refractivity contribution is 5.26. The maximum absolute atomic E-state index is 4.40. The summed E-state index contributed by atoms with van der Waals surface area (Å²) in [6.45, 7) is 26.1. The molecule has 0 saturated carbocycles. The Hall–Kier alpha value is -1.65. The van der Waals surface area contributed by atoms with Crippen LogP contribution in [-0.4, -0.2) is 25.4 Å².